The van der Waals surface area contributed by atoms with Crippen LogP contribution in [-0.4, -0.2) is 44.0 Å². The Morgan fingerprint density at radius 2 is 2.26 bits per heavy atom. The number of nitrogens with one attached hydrogen (secondary N) is 1. The fourth-order valence-electron chi connectivity index (χ4n) is 1.60. The first-order chi connectivity index (χ1) is 9.02. The Bertz CT molecular complexity index is 406. The van der Waals surface area contributed by atoms with Crippen LogP contribution in [0.2, 0.25) is 0 Å². The lowest BCUT2D eigenvalue weighted by Crippen LogP contribution is -2.37. The third-order valence-corrected chi connectivity index (χ3v) is 3.74. The van der Waals surface area contributed by atoms with Crippen LogP contribution in [0.3, 0.4) is 0 Å². The molecule has 0 saturated carbocycles. The molecule has 0 aliphatic carbocycles. The smallest absolute Gasteiger partial charge is 0.306 e. The van der Waals surface area contributed by atoms with Crippen molar-refractivity contribution in [2.45, 2.75) is 19.4 Å². The quantitative estimate of drug-likeness (QED) is 0.769. The van der Waals surface area contributed by atoms with Crippen LogP contribution in [0.25, 0.3) is 0 Å². The number of carbonyl (C=O) groups excluding carboxylic acids is 2. The van der Waals surface area contributed by atoms with E-state index < -0.39 is 0 Å². The highest BCUT2D eigenvalue weighted by molar-refractivity contribution is 7.10. The molecule has 1 rings (SSSR count). The molecule has 1 heterocycles. The number of likely N-dealkylation sites (N-methyl/N-ethyl adjacent to an activating group) is 1. The van der Waals surface area contributed by atoms with Crippen LogP contribution < -0.4 is 5.32 Å². The molecular weight excluding hydrogens is 264 g/mol. The number of methoxy groups -OCH3 is 1. The van der Waals surface area contributed by atoms with E-state index in [0.29, 0.717) is 13.0 Å². The van der Waals surface area contributed by atoms with Gasteiger partial charge in [0.05, 0.1) is 26.1 Å². The zero-order valence-corrected chi connectivity index (χ0v) is 12.3. The molecule has 0 spiro atoms. The molecule has 1 atom stereocenters. The van der Waals surface area contributed by atoms with Gasteiger partial charge in [0.15, 0.2) is 0 Å². The van der Waals surface area contributed by atoms with Crippen molar-refractivity contribution in [1.82, 2.24) is 10.2 Å². The summed E-state index contributed by atoms with van der Waals surface area (Å²) >= 11 is 1.62. The zero-order valence-electron chi connectivity index (χ0n) is 11.5. The van der Waals surface area contributed by atoms with Gasteiger partial charge in [0.1, 0.15) is 0 Å². The van der Waals surface area contributed by atoms with Crippen LogP contribution in [-0.2, 0) is 14.3 Å². The van der Waals surface area contributed by atoms with Crippen molar-refractivity contribution in [3.05, 3.63) is 22.4 Å². The van der Waals surface area contributed by atoms with Crippen LogP contribution in [0.1, 0.15) is 24.3 Å². The lowest BCUT2D eigenvalue weighted by molar-refractivity contribution is -0.141. The van der Waals surface area contributed by atoms with Gasteiger partial charge in [-0.3, -0.25) is 14.5 Å². The third kappa shape index (κ3) is 5.85. The van der Waals surface area contributed by atoms with Crippen LogP contribution in [0.15, 0.2) is 17.5 Å². The molecule has 5 nitrogen and oxygen atoms in total. The summed E-state index contributed by atoms with van der Waals surface area (Å²) in [5.41, 5.74) is 0. The minimum absolute atomic E-state index is 0.0153. The van der Waals surface area contributed by atoms with E-state index in [2.05, 4.69) is 10.1 Å². The number of hydrogen-bond donors (Lipinski definition) is 1. The zero-order chi connectivity index (χ0) is 14.3. The van der Waals surface area contributed by atoms with E-state index in [1.165, 1.54) is 7.11 Å². The monoisotopic (exact) mass is 284 g/mol. The predicted molar refractivity (Wildman–Crippen MR) is 75.0 cm³/mol. The first-order valence-electron chi connectivity index (χ1n) is 6.11. The van der Waals surface area contributed by atoms with Gasteiger partial charge in [-0.2, -0.15) is 0 Å². The van der Waals surface area contributed by atoms with E-state index in [1.807, 2.05) is 24.4 Å². The molecule has 0 saturated heterocycles. The van der Waals surface area contributed by atoms with Gasteiger partial charge < -0.3 is 10.1 Å². The van der Waals surface area contributed by atoms with Gasteiger partial charge in [0, 0.05) is 11.4 Å². The second-order valence-corrected chi connectivity index (χ2v) is 5.35. The molecule has 0 radical (unpaired) electrons. The Kier molecular flexibility index (Phi) is 6.52. The van der Waals surface area contributed by atoms with E-state index >= 15 is 0 Å². The van der Waals surface area contributed by atoms with Crippen molar-refractivity contribution >= 4 is 23.2 Å². The Morgan fingerprint density at radius 3 is 2.84 bits per heavy atom. The average Bonchev–Trinajstić information content (AvgIpc) is 2.89. The van der Waals surface area contributed by atoms with E-state index in [1.54, 1.807) is 23.3 Å². The first kappa shape index (κ1) is 15.7. The third-order valence-electron chi connectivity index (χ3n) is 2.69. The Morgan fingerprint density at radius 1 is 1.53 bits per heavy atom. The van der Waals surface area contributed by atoms with Gasteiger partial charge in [0.2, 0.25) is 5.91 Å². The molecule has 1 unspecified atom stereocenters. The molecule has 6 heteroatoms. The number of hydrogen-bond acceptors (Lipinski definition) is 5. The number of amides is 1. The highest BCUT2D eigenvalue weighted by atomic mass is 32.1. The highest BCUT2D eigenvalue weighted by Gasteiger charge is 2.12. The fraction of sp³-hybridized carbons (Fsp3) is 0.538. The molecule has 19 heavy (non-hydrogen) atoms. The van der Waals surface area contributed by atoms with Crippen LogP contribution >= 0.6 is 11.3 Å². The summed E-state index contributed by atoms with van der Waals surface area (Å²) in [6.07, 6.45) is 0.292. The Hall–Kier alpha value is -1.40. The maximum absolute atomic E-state index is 11.8. The second-order valence-electron chi connectivity index (χ2n) is 4.37. The Balaban J connectivity index is 2.28. The molecule has 1 N–H and O–H groups in total. The second kappa shape index (κ2) is 7.91. The number of esters is 1. The molecule has 0 aromatic carbocycles. The van der Waals surface area contributed by atoms with E-state index in [0.717, 1.165) is 4.88 Å². The van der Waals surface area contributed by atoms with Gasteiger partial charge in [-0.15, -0.1) is 11.3 Å². The van der Waals surface area contributed by atoms with Crippen molar-refractivity contribution in [3.8, 4) is 0 Å². The summed E-state index contributed by atoms with van der Waals surface area (Å²) in [5, 5.41) is 4.92. The molecule has 0 fully saturated rings. The summed E-state index contributed by atoms with van der Waals surface area (Å²) < 4.78 is 4.55. The van der Waals surface area contributed by atoms with Crippen molar-refractivity contribution in [2.24, 2.45) is 0 Å². The topological polar surface area (TPSA) is 58.6 Å². The van der Waals surface area contributed by atoms with Crippen molar-refractivity contribution in [1.29, 1.82) is 0 Å². The number of nitrogens with zero attached hydrogens (tertiary/aromatic N) is 1. The summed E-state index contributed by atoms with van der Waals surface area (Å²) in [6.45, 7) is 2.73. The summed E-state index contributed by atoms with van der Waals surface area (Å²) in [5.74, 6) is -0.313. The van der Waals surface area contributed by atoms with Gasteiger partial charge >= 0.3 is 5.97 Å². The fourth-order valence-corrected chi connectivity index (χ4v) is 2.34. The molecule has 0 aliphatic rings. The number of carbonyl (C=O) groups is 2. The van der Waals surface area contributed by atoms with Gasteiger partial charge in [-0.25, -0.2) is 0 Å². The molecule has 0 bridgehead atoms. The summed E-state index contributed by atoms with van der Waals surface area (Å²) in [7, 11) is 3.16. The Labute approximate surface area is 117 Å². The summed E-state index contributed by atoms with van der Waals surface area (Å²) in [6, 6.07) is 3.98. The maximum Gasteiger partial charge on any atom is 0.306 e. The maximum atomic E-state index is 11.8. The number of thiophene rings is 1. The molecular formula is C13H20N2O3S. The predicted octanol–water partition coefficient (Wildman–Crippen LogP) is 1.42. The molecule has 1 amide bonds. The minimum Gasteiger partial charge on any atom is -0.469 e. The van der Waals surface area contributed by atoms with Gasteiger partial charge in [-0.05, 0) is 25.4 Å². The molecule has 106 valence electrons. The SMILES string of the molecule is COC(=O)CCN(C)CC(=O)NC(C)c1cccs1. The average molecular weight is 284 g/mol. The van der Waals surface area contributed by atoms with Crippen molar-refractivity contribution in [3.63, 3.8) is 0 Å². The van der Waals surface area contributed by atoms with Gasteiger partial charge in [-0.1, -0.05) is 6.07 Å². The first-order valence-corrected chi connectivity index (χ1v) is 6.99. The lowest BCUT2D eigenvalue weighted by Gasteiger charge is -2.18. The standard InChI is InChI=1S/C13H20N2O3S/c1-10(11-5-4-8-19-11)14-12(16)9-15(2)7-6-13(17)18-3/h4-5,8,10H,6-7,9H2,1-3H3,(H,14,16). The van der Waals surface area contributed by atoms with E-state index in [9.17, 15) is 9.59 Å². The number of ether oxygens (including phenoxy) is 1. The van der Waals surface area contributed by atoms with Crippen LogP contribution in [0.4, 0.5) is 0 Å². The van der Waals surface area contributed by atoms with Crippen molar-refractivity contribution in [2.75, 3.05) is 27.2 Å². The molecule has 0 aliphatic heterocycles. The minimum atomic E-state index is -0.265. The largest absolute Gasteiger partial charge is 0.469 e. The highest BCUT2D eigenvalue weighted by Crippen LogP contribution is 2.17. The van der Waals surface area contributed by atoms with Gasteiger partial charge in [0.25, 0.3) is 0 Å². The van der Waals surface area contributed by atoms with E-state index in [4.69, 9.17) is 0 Å². The van der Waals surface area contributed by atoms with Crippen LogP contribution in [0.5, 0.6) is 0 Å². The molecule has 1 aromatic rings. The number of rotatable bonds is 7. The summed E-state index contributed by atoms with van der Waals surface area (Å²) in [4.78, 5) is 25.7. The molecule has 1 aromatic heterocycles. The normalized spacial score (nSPS) is 12.2. The van der Waals surface area contributed by atoms with E-state index in [-0.39, 0.29) is 24.5 Å². The lowest BCUT2D eigenvalue weighted by atomic mass is 10.2. The van der Waals surface area contributed by atoms with Crippen molar-refractivity contribution < 1.29 is 14.3 Å². The van der Waals surface area contributed by atoms with Crippen LogP contribution in [0, 0.1) is 0 Å².